The van der Waals surface area contributed by atoms with Crippen molar-refractivity contribution < 1.29 is 13.9 Å². The molecule has 1 aromatic rings. The van der Waals surface area contributed by atoms with Gasteiger partial charge in [-0.2, -0.15) is 0 Å². The minimum absolute atomic E-state index is 0.106. The highest BCUT2D eigenvalue weighted by molar-refractivity contribution is 9.10. The van der Waals surface area contributed by atoms with Crippen LogP contribution in [0.1, 0.15) is 5.56 Å². The zero-order chi connectivity index (χ0) is 15.7. The molecule has 21 heavy (non-hydrogen) atoms. The van der Waals surface area contributed by atoms with E-state index in [1.54, 1.807) is 30.2 Å². The third-order valence-corrected chi connectivity index (χ3v) is 3.32. The van der Waals surface area contributed by atoms with Gasteiger partial charge >= 0.3 is 0 Å². The van der Waals surface area contributed by atoms with Crippen LogP contribution in [0.4, 0.5) is 4.39 Å². The van der Waals surface area contributed by atoms with E-state index in [1.807, 2.05) is 0 Å². The minimum Gasteiger partial charge on any atom is -0.383 e. The van der Waals surface area contributed by atoms with Crippen molar-refractivity contribution >= 4 is 21.8 Å². The lowest BCUT2D eigenvalue weighted by Gasteiger charge is -2.22. The van der Waals surface area contributed by atoms with Crippen LogP contribution in [0.5, 0.6) is 0 Å². The van der Waals surface area contributed by atoms with Crippen molar-refractivity contribution in [3.8, 4) is 0 Å². The van der Waals surface area contributed by atoms with Gasteiger partial charge in [0.1, 0.15) is 5.82 Å². The fourth-order valence-corrected chi connectivity index (χ4v) is 2.17. The quantitative estimate of drug-likeness (QED) is 0.544. The van der Waals surface area contributed by atoms with Crippen molar-refractivity contribution in [3.05, 3.63) is 46.7 Å². The summed E-state index contributed by atoms with van der Waals surface area (Å²) in [7, 11) is 1.60. The first-order chi connectivity index (χ1) is 10.1. The largest absolute Gasteiger partial charge is 0.383 e. The normalized spacial score (nSPS) is 10.4. The average molecular weight is 359 g/mol. The number of rotatable bonds is 9. The lowest BCUT2D eigenvalue weighted by atomic mass is 10.2. The molecule has 116 valence electrons. The maximum Gasteiger partial charge on any atom is 0.237 e. The van der Waals surface area contributed by atoms with Crippen molar-refractivity contribution in [2.75, 3.05) is 33.4 Å². The van der Waals surface area contributed by atoms with Gasteiger partial charge in [0.25, 0.3) is 0 Å². The Hall–Kier alpha value is -1.24. The van der Waals surface area contributed by atoms with Gasteiger partial charge in [-0.25, -0.2) is 4.39 Å². The van der Waals surface area contributed by atoms with Gasteiger partial charge in [0.05, 0.1) is 13.2 Å². The number of benzene rings is 1. The Morgan fingerprint density at radius 2 is 2.33 bits per heavy atom. The molecule has 6 heteroatoms. The monoisotopic (exact) mass is 358 g/mol. The molecule has 0 aliphatic carbocycles. The topological polar surface area (TPSA) is 41.6 Å². The van der Waals surface area contributed by atoms with Crippen molar-refractivity contribution in [1.82, 2.24) is 10.2 Å². The molecule has 0 radical (unpaired) electrons. The molecule has 0 spiro atoms. The fourth-order valence-electron chi connectivity index (χ4n) is 1.76. The Labute approximate surface area is 133 Å². The second-order valence-electron chi connectivity index (χ2n) is 4.47. The lowest BCUT2D eigenvalue weighted by Crippen LogP contribution is -2.39. The van der Waals surface area contributed by atoms with Crippen LogP contribution >= 0.6 is 15.9 Å². The molecule has 0 unspecified atom stereocenters. The van der Waals surface area contributed by atoms with E-state index in [9.17, 15) is 9.18 Å². The maximum atomic E-state index is 13.8. The number of carbonyl (C=O) groups is 1. The number of amides is 1. The van der Waals surface area contributed by atoms with Crippen LogP contribution < -0.4 is 5.32 Å². The molecule has 1 aromatic carbocycles. The highest BCUT2D eigenvalue weighted by Gasteiger charge is 2.14. The van der Waals surface area contributed by atoms with Gasteiger partial charge in [-0.05, 0) is 18.2 Å². The Balaban J connectivity index is 2.65. The molecule has 0 saturated heterocycles. The summed E-state index contributed by atoms with van der Waals surface area (Å²) in [6.45, 7) is 5.54. The van der Waals surface area contributed by atoms with Crippen molar-refractivity contribution in [2.24, 2.45) is 0 Å². The molecule has 0 fully saturated rings. The SMILES string of the molecule is C=CCN(Cc1cc(Br)ccc1F)C(=O)CNCCOC. The predicted octanol–water partition coefficient (Wildman–Crippen LogP) is 2.34. The number of hydrogen-bond acceptors (Lipinski definition) is 3. The van der Waals surface area contributed by atoms with Crippen LogP contribution in [-0.2, 0) is 16.1 Å². The number of nitrogens with one attached hydrogen (secondary N) is 1. The summed E-state index contributed by atoms with van der Waals surface area (Å²) in [6, 6.07) is 4.69. The number of ether oxygens (including phenoxy) is 1. The van der Waals surface area contributed by atoms with Gasteiger partial charge in [0.15, 0.2) is 0 Å². The van der Waals surface area contributed by atoms with E-state index >= 15 is 0 Å². The van der Waals surface area contributed by atoms with Crippen LogP contribution in [0.25, 0.3) is 0 Å². The maximum absolute atomic E-state index is 13.8. The summed E-state index contributed by atoms with van der Waals surface area (Å²) in [5.41, 5.74) is 0.469. The van der Waals surface area contributed by atoms with Gasteiger partial charge in [-0.3, -0.25) is 4.79 Å². The van der Waals surface area contributed by atoms with E-state index in [1.165, 1.54) is 6.07 Å². The fraction of sp³-hybridized carbons (Fsp3) is 0.400. The van der Waals surface area contributed by atoms with Gasteiger partial charge < -0.3 is 15.0 Å². The highest BCUT2D eigenvalue weighted by atomic mass is 79.9. The second-order valence-corrected chi connectivity index (χ2v) is 5.38. The molecule has 1 N–H and O–H groups in total. The number of carbonyl (C=O) groups excluding carboxylic acids is 1. The summed E-state index contributed by atoms with van der Waals surface area (Å²) in [5, 5.41) is 2.98. The van der Waals surface area contributed by atoms with Gasteiger partial charge in [-0.15, -0.1) is 6.58 Å². The van der Waals surface area contributed by atoms with Crippen LogP contribution in [0.3, 0.4) is 0 Å². The summed E-state index contributed by atoms with van der Waals surface area (Å²) in [6.07, 6.45) is 1.63. The molecule has 0 aliphatic heterocycles. The molecular weight excluding hydrogens is 339 g/mol. The first-order valence-electron chi connectivity index (χ1n) is 6.60. The van der Waals surface area contributed by atoms with E-state index in [4.69, 9.17) is 4.74 Å². The number of methoxy groups -OCH3 is 1. The van der Waals surface area contributed by atoms with E-state index in [-0.39, 0.29) is 24.8 Å². The smallest absolute Gasteiger partial charge is 0.237 e. The predicted molar refractivity (Wildman–Crippen MR) is 84.5 cm³/mol. The van der Waals surface area contributed by atoms with Crippen molar-refractivity contribution in [3.63, 3.8) is 0 Å². The molecule has 0 heterocycles. The second kappa shape index (κ2) is 9.65. The van der Waals surface area contributed by atoms with Crippen LogP contribution in [0.2, 0.25) is 0 Å². The molecule has 1 amide bonds. The molecular formula is C15H20BrFN2O2. The Bertz CT molecular complexity index is 483. The summed E-state index contributed by atoms with van der Waals surface area (Å²) >= 11 is 3.30. The van der Waals surface area contributed by atoms with Gasteiger partial charge in [0.2, 0.25) is 5.91 Å². The van der Waals surface area contributed by atoms with E-state index in [0.29, 0.717) is 25.3 Å². The van der Waals surface area contributed by atoms with E-state index < -0.39 is 0 Å². The number of halogens is 2. The first kappa shape index (κ1) is 17.8. The molecule has 0 saturated carbocycles. The standard InChI is InChI=1S/C15H20BrFN2O2/c1-3-7-19(15(20)10-18-6-8-21-2)11-12-9-13(16)4-5-14(12)17/h3-5,9,18H,1,6-8,10-11H2,2H3. The third-order valence-electron chi connectivity index (χ3n) is 2.83. The Morgan fingerprint density at radius 1 is 1.57 bits per heavy atom. The zero-order valence-electron chi connectivity index (χ0n) is 12.1. The summed E-state index contributed by atoms with van der Waals surface area (Å²) < 4.78 is 19.4. The molecule has 4 nitrogen and oxygen atoms in total. The van der Waals surface area contributed by atoms with Crippen molar-refractivity contribution in [2.45, 2.75) is 6.54 Å². The Kier molecular flexibility index (Phi) is 8.19. The third kappa shape index (κ3) is 6.37. The lowest BCUT2D eigenvalue weighted by molar-refractivity contribution is -0.130. The Morgan fingerprint density at radius 3 is 3.00 bits per heavy atom. The zero-order valence-corrected chi connectivity index (χ0v) is 13.7. The molecule has 0 aromatic heterocycles. The van der Waals surface area contributed by atoms with E-state index in [2.05, 4.69) is 27.8 Å². The first-order valence-corrected chi connectivity index (χ1v) is 7.40. The summed E-state index contributed by atoms with van der Waals surface area (Å²) in [5.74, 6) is -0.433. The van der Waals surface area contributed by atoms with Crippen LogP contribution in [0, 0.1) is 5.82 Å². The van der Waals surface area contributed by atoms with Crippen molar-refractivity contribution in [1.29, 1.82) is 0 Å². The summed E-state index contributed by atoms with van der Waals surface area (Å²) in [4.78, 5) is 13.7. The van der Waals surface area contributed by atoms with Gasteiger partial charge in [-0.1, -0.05) is 22.0 Å². The number of nitrogens with zero attached hydrogens (tertiary/aromatic N) is 1. The highest BCUT2D eigenvalue weighted by Crippen LogP contribution is 2.17. The molecule has 0 atom stereocenters. The van der Waals surface area contributed by atoms with Gasteiger partial charge in [0, 0.05) is 36.8 Å². The molecule has 0 bridgehead atoms. The van der Waals surface area contributed by atoms with E-state index in [0.717, 1.165) is 4.47 Å². The molecule has 1 rings (SSSR count). The minimum atomic E-state index is -0.326. The van der Waals surface area contributed by atoms with Crippen LogP contribution in [0.15, 0.2) is 35.3 Å². The molecule has 0 aliphatic rings. The number of hydrogen-bond donors (Lipinski definition) is 1. The van der Waals surface area contributed by atoms with Crippen LogP contribution in [-0.4, -0.2) is 44.2 Å². The average Bonchev–Trinajstić information content (AvgIpc) is 2.46.